The van der Waals surface area contributed by atoms with E-state index < -0.39 is 0 Å². The molecule has 144 valence electrons. The fourth-order valence-electron chi connectivity index (χ4n) is 2.76. The van der Waals surface area contributed by atoms with Crippen LogP contribution < -0.4 is 15.5 Å². The van der Waals surface area contributed by atoms with Crippen LogP contribution in [0.1, 0.15) is 31.2 Å². The van der Waals surface area contributed by atoms with Gasteiger partial charge in [0.1, 0.15) is 11.5 Å². The normalized spacial score (nSPS) is 14.6. The number of aromatic amines is 1. The summed E-state index contributed by atoms with van der Waals surface area (Å²) in [6.45, 7) is 0. The molecule has 27 heavy (non-hydrogen) atoms. The van der Waals surface area contributed by atoms with Crippen molar-refractivity contribution in [3.05, 3.63) is 23.8 Å². The van der Waals surface area contributed by atoms with Crippen molar-refractivity contribution in [1.82, 2.24) is 20.5 Å². The van der Waals surface area contributed by atoms with Gasteiger partial charge in [-0.1, -0.05) is 24.6 Å². The predicted molar refractivity (Wildman–Crippen MR) is 103 cm³/mol. The third kappa shape index (κ3) is 5.61. The molecule has 0 spiro atoms. The van der Waals surface area contributed by atoms with E-state index in [1.807, 2.05) is 0 Å². The van der Waals surface area contributed by atoms with Crippen molar-refractivity contribution in [2.75, 3.05) is 18.3 Å². The smallest absolute Gasteiger partial charge is 0.240 e. The Morgan fingerprint density at radius 1 is 1.48 bits per heavy atom. The molecule has 0 bridgehead atoms. The third-order valence-corrected chi connectivity index (χ3v) is 4.97. The highest BCUT2D eigenvalue weighted by Gasteiger charge is 2.17. The zero-order valence-corrected chi connectivity index (χ0v) is 15.8. The second-order valence-electron chi connectivity index (χ2n) is 6.10. The maximum atomic E-state index is 11.9. The molecule has 1 fully saturated rings. The van der Waals surface area contributed by atoms with Crippen LogP contribution in [0.5, 0.6) is 11.5 Å². The second kappa shape index (κ2) is 9.26. The molecule has 1 amide bonds. The molecule has 2 aromatic rings. The maximum Gasteiger partial charge on any atom is 0.240 e. The van der Waals surface area contributed by atoms with Crippen LogP contribution in [0.4, 0.5) is 5.95 Å². The number of nitrogens with zero attached hydrogens (tertiary/aromatic N) is 3. The fraction of sp³-hybridized carbons (Fsp3) is 0.412. The number of hydrogen-bond donors (Lipinski definition) is 4. The van der Waals surface area contributed by atoms with Crippen molar-refractivity contribution in [3.8, 4) is 11.5 Å². The topological polar surface area (TPSA) is 125 Å². The SMILES string of the molecule is COc1ccc(O)c(/C=N/Nc2nc(SCC(=O)NC3CCCC3)n[nH]2)c1. The van der Waals surface area contributed by atoms with Crippen LogP contribution in [0.25, 0.3) is 0 Å². The van der Waals surface area contributed by atoms with Crippen LogP contribution in [-0.2, 0) is 4.79 Å². The molecule has 0 saturated heterocycles. The lowest BCUT2D eigenvalue weighted by Crippen LogP contribution is -2.33. The summed E-state index contributed by atoms with van der Waals surface area (Å²) in [4.78, 5) is 16.1. The quantitative estimate of drug-likeness (QED) is 0.309. The Morgan fingerprint density at radius 3 is 3.07 bits per heavy atom. The summed E-state index contributed by atoms with van der Waals surface area (Å²) in [6, 6.07) is 5.15. The summed E-state index contributed by atoms with van der Waals surface area (Å²) in [5.74, 6) is 1.31. The number of phenols is 1. The van der Waals surface area contributed by atoms with Gasteiger partial charge in [0.25, 0.3) is 0 Å². The highest BCUT2D eigenvalue weighted by molar-refractivity contribution is 7.99. The van der Waals surface area contributed by atoms with Gasteiger partial charge in [-0.2, -0.15) is 10.1 Å². The number of nitrogens with one attached hydrogen (secondary N) is 3. The number of carbonyl (C=O) groups is 1. The number of hydrogen-bond acceptors (Lipinski definition) is 8. The van der Waals surface area contributed by atoms with E-state index in [1.165, 1.54) is 36.9 Å². The molecule has 9 nitrogen and oxygen atoms in total. The molecule has 1 saturated carbocycles. The monoisotopic (exact) mass is 390 g/mol. The van der Waals surface area contributed by atoms with Gasteiger partial charge in [-0.3, -0.25) is 4.79 Å². The predicted octanol–water partition coefficient (Wildman–Crippen LogP) is 2.12. The number of anilines is 1. The maximum absolute atomic E-state index is 11.9. The third-order valence-electron chi connectivity index (χ3n) is 4.13. The number of phenolic OH excluding ortho intramolecular Hbond substituents is 1. The molecular weight excluding hydrogens is 368 g/mol. The lowest BCUT2D eigenvalue weighted by Gasteiger charge is -2.10. The number of hydrazone groups is 1. The first-order valence-electron chi connectivity index (χ1n) is 8.64. The molecule has 1 aliphatic rings. The molecule has 1 aromatic heterocycles. The Hall–Kier alpha value is -2.75. The van der Waals surface area contributed by atoms with Gasteiger partial charge in [-0.15, -0.1) is 5.10 Å². The highest BCUT2D eigenvalue weighted by Crippen LogP contribution is 2.21. The zero-order valence-electron chi connectivity index (χ0n) is 14.9. The van der Waals surface area contributed by atoms with Gasteiger partial charge in [0.2, 0.25) is 17.0 Å². The number of rotatable bonds is 8. The summed E-state index contributed by atoms with van der Waals surface area (Å²) in [6.07, 6.45) is 5.93. The van der Waals surface area contributed by atoms with Crippen LogP contribution in [0.2, 0.25) is 0 Å². The number of aromatic nitrogens is 3. The number of aromatic hydroxyl groups is 1. The number of benzene rings is 1. The fourth-order valence-corrected chi connectivity index (χ4v) is 3.37. The van der Waals surface area contributed by atoms with E-state index >= 15 is 0 Å². The molecule has 3 rings (SSSR count). The van der Waals surface area contributed by atoms with Crippen molar-refractivity contribution in [1.29, 1.82) is 0 Å². The number of carbonyl (C=O) groups excluding carboxylic acids is 1. The molecule has 10 heteroatoms. The van der Waals surface area contributed by atoms with E-state index in [-0.39, 0.29) is 17.4 Å². The minimum Gasteiger partial charge on any atom is -0.507 e. The number of methoxy groups -OCH3 is 1. The van der Waals surface area contributed by atoms with E-state index in [0.29, 0.717) is 28.5 Å². The van der Waals surface area contributed by atoms with E-state index in [1.54, 1.807) is 19.2 Å². The van der Waals surface area contributed by atoms with E-state index in [9.17, 15) is 9.90 Å². The van der Waals surface area contributed by atoms with Crippen LogP contribution in [0.3, 0.4) is 0 Å². The van der Waals surface area contributed by atoms with E-state index in [2.05, 4.69) is 31.0 Å². The number of H-pyrrole nitrogens is 1. The van der Waals surface area contributed by atoms with E-state index in [4.69, 9.17) is 4.74 Å². The minimum atomic E-state index is -0.00210. The Morgan fingerprint density at radius 2 is 2.30 bits per heavy atom. The minimum absolute atomic E-state index is 0.00210. The molecular formula is C17H22N6O3S. The van der Waals surface area contributed by atoms with Crippen LogP contribution >= 0.6 is 11.8 Å². The summed E-state index contributed by atoms with van der Waals surface area (Å²) < 4.78 is 5.11. The first-order chi connectivity index (χ1) is 13.1. The van der Waals surface area contributed by atoms with Gasteiger partial charge in [0, 0.05) is 11.6 Å². The molecule has 0 unspecified atom stereocenters. The van der Waals surface area contributed by atoms with Gasteiger partial charge < -0.3 is 15.2 Å². The lowest BCUT2D eigenvalue weighted by atomic mass is 10.2. The molecule has 0 atom stereocenters. The molecule has 1 aromatic carbocycles. The molecule has 1 aliphatic carbocycles. The zero-order chi connectivity index (χ0) is 19.1. The largest absolute Gasteiger partial charge is 0.507 e. The van der Waals surface area contributed by atoms with E-state index in [0.717, 1.165) is 12.8 Å². The van der Waals surface area contributed by atoms with Crippen molar-refractivity contribution in [2.24, 2.45) is 5.10 Å². The Kier molecular flexibility index (Phi) is 6.53. The standard InChI is InChI=1S/C17H22N6O3S/c1-26-13-6-7-14(24)11(8-13)9-18-21-16-20-17(23-22-16)27-10-15(25)19-12-4-2-3-5-12/h6-9,12,24H,2-5,10H2,1H3,(H,19,25)(H2,20,21,22,23)/b18-9+. The summed E-state index contributed by atoms with van der Waals surface area (Å²) in [5, 5.41) is 24.0. The number of ether oxygens (including phenoxy) is 1. The van der Waals surface area contributed by atoms with Gasteiger partial charge >= 0.3 is 0 Å². The Labute approximate surface area is 161 Å². The first-order valence-corrected chi connectivity index (χ1v) is 9.63. The molecule has 4 N–H and O–H groups in total. The van der Waals surface area contributed by atoms with Gasteiger partial charge in [-0.25, -0.2) is 10.5 Å². The van der Waals surface area contributed by atoms with Crippen LogP contribution in [-0.4, -0.2) is 51.3 Å². The van der Waals surface area contributed by atoms with Crippen molar-refractivity contribution in [2.45, 2.75) is 36.9 Å². The molecule has 1 heterocycles. The Balaban J connectivity index is 1.47. The van der Waals surface area contributed by atoms with Gasteiger partial charge in [0.05, 0.1) is 19.1 Å². The summed E-state index contributed by atoms with van der Waals surface area (Å²) in [5.41, 5.74) is 3.20. The summed E-state index contributed by atoms with van der Waals surface area (Å²) >= 11 is 1.26. The average molecular weight is 390 g/mol. The van der Waals surface area contributed by atoms with Crippen LogP contribution in [0.15, 0.2) is 28.5 Å². The van der Waals surface area contributed by atoms with Crippen molar-refractivity contribution >= 4 is 29.8 Å². The van der Waals surface area contributed by atoms with Gasteiger partial charge in [-0.05, 0) is 31.0 Å². The van der Waals surface area contributed by atoms with Crippen LogP contribution in [0, 0.1) is 0 Å². The first kappa shape index (κ1) is 19.0. The average Bonchev–Trinajstić information content (AvgIpc) is 3.33. The second-order valence-corrected chi connectivity index (χ2v) is 7.04. The van der Waals surface area contributed by atoms with Crippen molar-refractivity contribution < 1.29 is 14.6 Å². The lowest BCUT2D eigenvalue weighted by molar-refractivity contribution is -0.119. The Bertz CT molecular complexity index is 804. The van der Waals surface area contributed by atoms with Gasteiger partial charge in [0.15, 0.2) is 0 Å². The van der Waals surface area contributed by atoms with Crippen molar-refractivity contribution in [3.63, 3.8) is 0 Å². The summed E-state index contributed by atoms with van der Waals surface area (Å²) in [7, 11) is 1.55. The highest BCUT2D eigenvalue weighted by atomic mass is 32.2. The molecule has 0 aliphatic heterocycles. The number of amides is 1. The molecule has 0 radical (unpaired) electrons. The number of thioether (sulfide) groups is 1.